The molecule has 0 aromatic heterocycles. The second-order valence-corrected chi connectivity index (χ2v) is 8.99. The molecule has 2 aliphatic heterocycles. The summed E-state index contributed by atoms with van der Waals surface area (Å²) in [5, 5.41) is 2.40. The highest BCUT2D eigenvalue weighted by Crippen LogP contribution is 2.24. The Balaban J connectivity index is 0.00000187. The number of hydrogen-bond donors (Lipinski definition) is 1. The van der Waals surface area contributed by atoms with Gasteiger partial charge in [-0.15, -0.1) is 0 Å². The Morgan fingerprint density at radius 3 is 2.30 bits per heavy atom. The van der Waals surface area contributed by atoms with Crippen LogP contribution in [0.25, 0.3) is 0 Å². The van der Waals surface area contributed by atoms with E-state index in [2.05, 4.69) is 22.1 Å². The lowest BCUT2D eigenvalue weighted by molar-refractivity contribution is -0.134. The van der Waals surface area contributed by atoms with E-state index in [-0.39, 0.29) is 23.8 Å². The topological polar surface area (TPSA) is 79.0 Å². The van der Waals surface area contributed by atoms with Gasteiger partial charge in [-0.2, -0.15) is 0 Å². The highest BCUT2D eigenvalue weighted by molar-refractivity contribution is 6.00. The van der Waals surface area contributed by atoms with Gasteiger partial charge < -0.3 is 9.64 Å². The van der Waals surface area contributed by atoms with Crippen molar-refractivity contribution in [2.45, 2.75) is 65.4 Å². The molecule has 1 aromatic rings. The second kappa shape index (κ2) is 12.4. The highest BCUT2D eigenvalue weighted by Gasteiger charge is 2.28. The van der Waals surface area contributed by atoms with Gasteiger partial charge in [-0.25, -0.2) is 4.79 Å². The predicted molar refractivity (Wildman–Crippen MR) is 129 cm³/mol. The van der Waals surface area contributed by atoms with E-state index >= 15 is 0 Å². The standard InChI is InChI=1S/C24H31N3O4.C2H6/c1-24(2,3)31-23(30)27-16-14-26(15-17-27)13-5-4-6-18-7-9-19(10-8-18)20-11-12-21(28)25-22(20)29;1-2/h7-10,20H,5,11-17H2,1-3H3,(H,25,28,29);1-2H3. The molecule has 0 saturated carbocycles. The molecular weight excluding hydrogens is 418 g/mol. The van der Waals surface area contributed by atoms with E-state index in [1.165, 1.54) is 0 Å². The molecule has 2 aliphatic rings. The van der Waals surface area contributed by atoms with Gasteiger partial charge in [0.2, 0.25) is 11.8 Å². The maximum atomic E-state index is 12.1. The lowest BCUT2D eigenvalue weighted by atomic mass is 9.90. The summed E-state index contributed by atoms with van der Waals surface area (Å²) in [4.78, 5) is 39.5. The fraction of sp³-hybridized carbons (Fsp3) is 0.577. The second-order valence-electron chi connectivity index (χ2n) is 8.99. The maximum Gasteiger partial charge on any atom is 0.410 e. The third-order valence-electron chi connectivity index (χ3n) is 5.36. The van der Waals surface area contributed by atoms with E-state index in [1.54, 1.807) is 4.90 Å². The van der Waals surface area contributed by atoms with Crippen LogP contribution in [-0.2, 0) is 14.3 Å². The summed E-state index contributed by atoms with van der Waals surface area (Å²) in [6.45, 7) is 13.5. The molecule has 0 radical (unpaired) electrons. The van der Waals surface area contributed by atoms with E-state index in [9.17, 15) is 14.4 Å². The van der Waals surface area contributed by atoms with Crippen molar-refractivity contribution < 1.29 is 19.1 Å². The van der Waals surface area contributed by atoms with Gasteiger partial charge in [0.25, 0.3) is 0 Å². The zero-order valence-corrected chi connectivity index (χ0v) is 20.6. The number of ether oxygens (including phenoxy) is 1. The number of piperidine rings is 1. The Hall–Kier alpha value is -2.85. The van der Waals surface area contributed by atoms with Gasteiger partial charge in [0.15, 0.2) is 0 Å². The van der Waals surface area contributed by atoms with E-state index in [4.69, 9.17) is 4.74 Å². The van der Waals surface area contributed by atoms with Crippen molar-refractivity contribution in [2.75, 3.05) is 32.7 Å². The normalized spacial score (nSPS) is 18.9. The average Bonchev–Trinajstić information content (AvgIpc) is 2.78. The summed E-state index contributed by atoms with van der Waals surface area (Å²) in [5.41, 5.74) is 1.35. The number of carbonyl (C=O) groups excluding carboxylic acids is 3. The molecule has 1 unspecified atom stereocenters. The number of amides is 3. The zero-order chi connectivity index (χ0) is 24.4. The van der Waals surface area contributed by atoms with Crippen LogP contribution in [-0.4, -0.2) is 66.0 Å². The molecule has 2 heterocycles. The van der Waals surface area contributed by atoms with E-state index < -0.39 is 5.60 Å². The number of rotatable bonds is 3. The summed E-state index contributed by atoms with van der Waals surface area (Å²) in [6.07, 6.45) is 1.44. The lowest BCUT2D eigenvalue weighted by Gasteiger charge is -2.35. The Labute approximate surface area is 197 Å². The number of carbonyl (C=O) groups is 3. The van der Waals surface area contributed by atoms with Crippen molar-refractivity contribution in [2.24, 2.45) is 0 Å². The molecule has 0 bridgehead atoms. The van der Waals surface area contributed by atoms with Crippen LogP contribution in [0.15, 0.2) is 24.3 Å². The molecule has 3 rings (SSSR count). The van der Waals surface area contributed by atoms with Gasteiger partial charge in [-0.3, -0.25) is 19.8 Å². The van der Waals surface area contributed by atoms with Crippen LogP contribution in [0.4, 0.5) is 4.79 Å². The summed E-state index contributed by atoms with van der Waals surface area (Å²) >= 11 is 0. The molecule has 0 aliphatic carbocycles. The SMILES string of the molecule is CC.CC(C)(C)OC(=O)N1CCN(CCC#Cc2ccc(C3CCC(=O)NC3=O)cc2)CC1. The van der Waals surface area contributed by atoms with Crippen molar-refractivity contribution in [3.05, 3.63) is 35.4 Å². The van der Waals surface area contributed by atoms with Crippen molar-refractivity contribution in [3.8, 4) is 11.8 Å². The summed E-state index contributed by atoms with van der Waals surface area (Å²) < 4.78 is 5.43. The first kappa shape index (κ1) is 26.4. The number of hydrogen-bond acceptors (Lipinski definition) is 5. The summed E-state index contributed by atoms with van der Waals surface area (Å²) in [5.74, 6) is 5.69. The van der Waals surface area contributed by atoms with Crippen molar-refractivity contribution in [1.82, 2.24) is 15.1 Å². The Morgan fingerprint density at radius 2 is 1.73 bits per heavy atom. The minimum Gasteiger partial charge on any atom is -0.444 e. The first-order valence-electron chi connectivity index (χ1n) is 11.8. The van der Waals surface area contributed by atoms with Crippen LogP contribution in [0.1, 0.15) is 70.9 Å². The van der Waals surface area contributed by atoms with Crippen molar-refractivity contribution in [1.29, 1.82) is 0 Å². The predicted octanol–water partition coefficient (Wildman–Crippen LogP) is 3.53. The monoisotopic (exact) mass is 455 g/mol. The third-order valence-corrected chi connectivity index (χ3v) is 5.36. The molecule has 1 N–H and O–H groups in total. The average molecular weight is 456 g/mol. The van der Waals surface area contributed by atoms with E-state index in [1.807, 2.05) is 58.9 Å². The highest BCUT2D eigenvalue weighted by atomic mass is 16.6. The van der Waals surface area contributed by atoms with E-state index in [0.717, 1.165) is 37.2 Å². The Kier molecular flexibility index (Phi) is 9.93. The summed E-state index contributed by atoms with van der Waals surface area (Å²) in [6, 6.07) is 7.68. The molecular formula is C26H37N3O4. The molecule has 2 saturated heterocycles. The molecule has 7 nitrogen and oxygen atoms in total. The van der Waals surface area contributed by atoms with Gasteiger partial charge >= 0.3 is 6.09 Å². The van der Waals surface area contributed by atoms with Crippen LogP contribution in [0.2, 0.25) is 0 Å². The van der Waals surface area contributed by atoms with Crippen molar-refractivity contribution in [3.63, 3.8) is 0 Å². The first-order valence-corrected chi connectivity index (χ1v) is 11.8. The molecule has 7 heteroatoms. The molecule has 180 valence electrons. The maximum absolute atomic E-state index is 12.1. The van der Waals surface area contributed by atoms with E-state index in [0.29, 0.717) is 25.9 Å². The van der Waals surface area contributed by atoms with Crippen LogP contribution < -0.4 is 5.32 Å². The van der Waals surface area contributed by atoms with Gasteiger partial charge in [0.05, 0.1) is 5.92 Å². The van der Waals surface area contributed by atoms with Crippen LogP contribution in [0.3, 0.4) is 0 Å². The van der Waals surface area contributed by atoms with Crippen LogP contribution in [0.5, 0.6) is 0 Å². The van der Waals surface area contributed by atoms with Gasteiger partial charge in [0, 0.05) is 51.1 Å². The molecule has 2 fully saturated rings. The van der Waals surface area contributed by atoms with Gasteiger partial charge in [-0.1, -0.05) is 37.8 Å². The summed E-state index contributed by atoms with van der Waals surface area (Å²) in [7, 11) is 0. The van der Waals surface area contributed by atoms with Crippen molar-refractivity contribution >= 4 is 17.9 Å². The molecule has 33 heavy (non-hydrogen) atoms. The number of piperazine rings is 1. The molecule has 3 amide bonds. The number of nitrogens with one attached hydrogen (secondary N) is 1. The molecule has 1 atom stereocenters. The Bertz CT molecular complexity index is 870. The fourth-order valence-corrected chi connectivity index (χ4v) is 3.67. The Morgan fingerprint density at radius 1 is 1.09 bits per heavy atom. The first-order chi connectivity index (χ1) is 15.7. The van der Waals surface area contributed by atoms with Crippen LogP contribution >= 0.6 is 0 Å². The van der Waals surface area contributed by atoms with Gasteiger partial charge in [0.1, 0.15) is 5.60 Å². The molecule has 1 aromatic carbocycles. The van der Waals surface area contributed by atoms with Gasteiger partial charge in [-0.05, 0) is 44.9 Å². The van der Waals surface area contributed by atoms with Crippen LogP contribution in [0, 0.1) is 11.8 Å². The smallest absolute Gasteiger partial charge is 0.410 e. The zero-order valence-electron chi connectivity index (χ0n) is 20.6. The number of nitrogens with zero attached hydrogens (tertiary/aromatic N) is 2. The fourth-order valence-electron chi connectivity index (χ4n) is 3.67. The minimum absolute atomic E-state index is 0.199. The number of benzene rings is 1. The lowest BCUT2D eigenvalue weighted by Crippen LogP contribution is -2.50. The number of imide groups is 1. The largest absolute Gasteiger partial charge is 0.444 e. The third kappa shape index (κ3) is 8.54. The minimum atomic E-state index is -0.468. The quantitative estimate of drug-likeness (QED) is 0.557. The molecule has 0 spiro atoms.